The molecule has 0 radical (unpaired) electrons. The summed E-state index contributed by atoms with van der Waals surface area (Å²) in [4.78, 5) is 0. The van der Waals surface area contributed by atoms with Crippen LogP contribution in [0.1, 0.15) is 27.7 Å². The summed E-state index contributed by atoms with van der Waals surface area (Å²) < 4.78 is 5.20. The van der Waals surface area contributed by atoms with Crippen molar-refractivity contribution in [1.29, 1.82) is 0 Å². The fraction of sp³-hybridized carbons (Fsp3) is 1.00. The van der Waals surface area contributed by atoms with Crippen LogP contribution in [0, 0.1) is 0 Å². The van der Waals surface area contributed by atoms with Crippen LogP contribution >= 0.6 is 0 Å². The maximum Gasteiger partial charge on any atom is 0.111 e. The van der Waals surface area contributed by atoms with Crippen molar-refractivity contribution in [3.63, 3.8) is 0 Å². The summed E-state index contributed by atoms with van der Waals surface area (Å²) in [5, 5.41) is 1.95. The Bertz CT molecular complexity index is 98.8. The topological polar surface area (TPSA) is 24.5 Å². The third-order valence-corrected chi connectivity index (χ3v) is 1.02. The van der Waals surface area contributed by atoms with E-state index in [4.69, 9.17) is 4.74 Å². The van der Waals surface area contributed by atoms with E-state index in [1.165, 1.54) is 0 Å². The average Bonchev–Trinajstić information content (AvgIpc) is 1.79. The van der Waals surface area contributed by atoms with Gasteiger partial charge in [-0.2, -0.15) is 0 Å². The molecule has 0 aliphatic carbocycles. The maximum absolute atomic E-state index is 5.20. The van der Waals surface area contributed by atoms with Crippen molar-refractivity contribution < 1.29 is 4.74 Å². The molecule has 0 aromatic heterocycles. The molecule has 3 nitrogen and oxygen atoms in total. The molecule has 0 aliphatic heterocycles. The largest absolute Gasteiger partial charge is 0.365 e. The zero-order chi connectivity index (χ0) is 8.91. The summed E-state index contributed by atoms with van der Waals surface area (Å²) in [7, 11) is 1.97. The van der Waals surface area contributed by atoms with Gasteiger partial charge in [-0.25, -0.2) is 10.4 Å². The van der Waals surface area contributed by atoms with Crippen molar-refractivity contribution in [2.45, 2.75) is 33.2 Å². The van der Waals surface area contributed by atoms with Crippen molar-refractivity contribution >= 4 is 0 Å². The van der Waals surface area contributed by atoms with E-state index in [0.717, 1.165) is 6.61 Å². The number of hydrogen-bond acceptors (Lipinski definition) is 3. The molecule has 1 N–H and O–H groups in total. The van der Waals surface area contributed by atoms with Gasteiger partial charge in [-0.15, -0.1) is 0 Å². The van der Waals surface area contributed by atoms with E-state index < -0.39 is 0 Å². The molecule has 0 unspecified atom stereocenters. The Labute approximate surface area is 69.7 Å². The maximum atomic E-state index is 5.20. The molecule has 0 saturated carbocycles. The van der Waals surface area contributed by atoms with Gasteiger partial charge in [0, 0.05) is 19.2 Å². The van der Waals surface area contributed by atoms with Crippen molar-refractivity contribution in [2.75, 3.05) is 20.4 Å². The van der Waals surface area contributed by atoms with E-state index in [-0.39, 0.29) is 5.54 Å². The highest BCUT2D eigenvalue weighted by Crippen LogP contribution is 1.98. The van der Waals surface area contributed by atoms with E-state index in [1.54, 1.807) is 0 Å². The van der Waals surface area contributed by atoms with Gasteiger partial charge in [0.1, 0.15) is 6.73 Å². The molecule has 0 aromatic carbocycles. The summed E-state index contributed by atoms with van der Waals surface area (Å²) in [6, 6.07) is 0. The van der Waals surface area contributed by atoms with E-state index in [2.05, 4.69) is 26.2 Å². The first-order valence-electron chi connectivity index (χ1n) is 4.02. The Hall–Kier alpha value is -0.120. The number of hydrazine groups is 1. The lowest BCUT2D eigenvalue weighted by Gasteiger charge is -2.28. The quantitative estimate of drug-likeness (QED) is 0.494. The third kappa shape index (κ3) is 7.78. The smallest absolute Gasteiger partial charge is 0.111 e. The Morgan fingerprint density at radius 1 is 1.36 bits per heavy atom. The number of nitrogens with one attached hydrogen (secondary N) is 1. The Balaban J connectivity index is 3.44. The first-order valence-corrected chi connectivity index (χ1v) is 4.02. The van der Waals surface area contributed by atoms with Gasteiger partial charge in [0.05, 0.1) is 0 Å². The van der Waals surface area contributed by atoms with Crippen molar-refractivity contribution in [3.8, 4) is 0 Å². The van der Waals surface area contributed by atoms with Crippen LogP contribution in [-0.2, 0) is 4.74 Å². The van der Waals surface area contributed by atoms with Crippen molar-refractivity contribution in [1.82, 2.24) is 10.4 Å². The standard InChI is InChI=1S/C8H20N2O/c1-6-11-7-10(5)9-8(2,3)4/h9H,6-7H2,1-5H3. The molecule has 0 bridgehead atoms. The second kappa shape index (κ2) is 4.70. The number of rotatable bonds is 4. The molecule has 0 rings (SSSR count). The molecule has 3 heteroatoms. The highest BCUT2D eigenvalue weighted by Gasteiger charge is 2.10. The van der Waals surface area contributed by atoms with E-state index in [1.807, 2.05) is 19.0 Å². The molecule has 0 spiro atoms. The highest BCUT2D eigenvalue weighted by atomic mass is 16.5. The van der Waals surface area contributed by atoms with Gasteiger partial charge in [-0.1, -0.05) is 0 Å². The zero-order valence-corrected chi connectivity index (χ0v) is 8.27. The molecule has 0 amide bonds. The van der Waals surface area contributed by atoms with Gasteiger partial charge < -0.3 is 4.74 Å². The lowest BCUT2D eigenvalue weighted by atomic mass is 10.1. The average molecular weight is 160 g/mol. The van der Waals surface area contributed by atoms with Crippen molar-refractivity contribution in [2.24, 2.45) is 0 Å². The summed E-state index contributed by atoms with van der Waals surface area (Å²) >= 11 is 0. The second-order valence-electron chi connectivity index (χ2n) is 3.68. The van der Waals surface area contributed by atoms with Gasteiger partial charge in [0.25, 0.3) is 0 Å². The Kier molecular flexibility index (Phi) is 4.65. The van der Waals surface area contributed by atoms with Gasteiger partial charge >= 0.3 is 0 Å². The lowest BCUT2D eigenvalue weighted by molar-refractivity contribution is 0.00328. The van der Waals surface area contributed by atoms with Crippen LogP contribution in [0.5, 0.6) is 0 Å². The number of nitrogens with zero attached hydrogens (tertiary/aromatic N) is 1. The first kappa shape index (κ1) is 10.9. The molecular formula is C8H20N2O. The van der Waals surface area contributed by atoms with Gasteiger partial charge in [-0.05, 0) is 27.7 Å². The van der Waals surface area contributed by atoms with Crippen LogP contribution in [0.4, 0.5) is 0 Å². The number of hydrogen-bond donors (Lipinski definition) is 1. The minimum atomic E-state index is 0.117. The fourth-order valence-corrected chi connectivity index (χ4v) is 0.833. The van der Waals surface area contributed by atoms with Gasteiger partial charge in [0.2, 0.25) is 0 Å². The number of ether oxygens (including phenoxy) is 1. The van der Waals surface area contributed by atoms with Gasteiger partial charge in [-0.3, -0.25) is 0 Å². The van der Waals surface area contributed by atoms with Crippen LogP contribution in [0.3, 0.4) is 0 Å². The minimum absolute atomic E-state index is 0.117. The summed E-state index contributed by atoms with van der Waals surface area (Å²) in [6.07, 6.45) is 0. The first-order chi connectivity index (χ1) is 4.95. The molecule has 0 aromatic rings. The van der Waals surface area contributed by atoms with Crippen LogP contribution < -0.4 is 5.43 Å². The van der Waals surface area contributed by atoms with E-state index in [0.29, 0.717) is 6.73 Å². The Morgan fingerprint density at radius 3 is 2.27 bits per heavy atom. The summed E-state index contributed by atoms with van der Waals surface area (Å²) in [6.45, 7) is 9.75. The van der Waals surface area contributed by atoms with E-state index >= 15 is 0 Å². The normalized spacial score (nSPS) is 12.5. The predicted molar refractivity (Wildman–Crippen MR) is 47.1 cm³/mol. The Morgan fingerprint density at radius 2 is 1.91 bits per heavy atom. The SMILES string of the molecule is CCOCN(C)NC(C)(C)C. The monoisotopic (exact) mass is 160 g/mol. The lowest BCUT2D eigenvalue weighted by Crippen LogP contribution is -2.47. The molecule has 11 heavy (non-hydrogen) atoms. The van der Waals surface area contributed by atoms with Crippen LogP contribution in [0.2, 0.25) is 0 Å². The second-order valence-corrected chi connectivity index (χ2v) is 3.68. The molecule has 0 atom stereocenters. The molecule has 68 valence electrons. The van der Waals surface area contributed by atoms with E-state index in [9.17, 15) is 0 Å². The van der Waals surface area contributed by atoms with Crippen molar-refractivity contribution in [3.05, 3.63) is 0 Å². The third-order valence-electron chi connectivity index (χ3n) is 1.02. The van der Waals surface area contributed by atoms with Gasteiger partial charge in [0.15, 0.2) is 0 Å². The zero-order valence-electron chi connectivity index (χ0n) is 8.27. The molecular weight excluding hydrogens is 140 g/mol. The van der Waals surface area contributed by atoms with Crippen LogP contribution in [0.25, 0.3) is 0 Å². The summed E-state index contributed by atoms with van der Waals surface area (Å²) in [5.74, 6) is 0. The molecule has 0 saturated heterocycles. The molecule has 0 fully saturated rings. The van der Waals surface area contributed by atoms with Crippen LogP contribution in [0.15, 0.2) is 0 Å². The minimum Gasteiger partial charge on any atom is -0.365 e. The predicted octanol–water partition coefficient (Wildman–Crippen LogP) is 1.22. The van der Waals surface area contributed by atoms with Crippen LogP contribution in [-0.4, -0.2) is 30.9 Å². The summed E-state index contributed by atoms with van der Waals surface area (Å²) in [5.41, 5.74) is 3.38. The highest BCUT2D eigenvalue weighted by molar-refractivity contribution is 4.66. The molecule has 0 heterocycles. The fourth-order valence-electron chi connectivity index (χ4n) is 0.833. The molecule has 0 aliphatic rings.